The number of hydrogen-bond acceptors (Lipinski definition) is 8. The van der Waals surface area contributed by atoms with Crippen molar-refractivity contribution in [1.29, 1.82) is 0 Å². The number of rotatable bonds is 10. The molecular weight excluding hydrogens is 413 g/mol. The Hall–Kier alpha value is -2.26. The lowest BCUT2D eigenvalue weighted by atomic mass is 10.1. The van der Waals surface area contributed by atoms with Gasteiger partial charge in [-0.2, -0.15) is 0 Å². The van der Waals surface area contributed by atoms with E-state index in [-0.39, 0.29) is 41.7 Å². The van der Waals surface area contributed by atoms with Crippen LogP contribution in [-0.2, 0) is 28.6 Å². The molecule has 0 atom stereocenters. The maximum atomic E-state index is 13.5. The average Bonchev–Trinajstić information content (AvgIpc) is 2.63. The lowest BCUT2D eigenvalue weighted by molar-refractivity contribution is -0.146. The van der Waals surface area contributed by atoms with Gasteiger partial charge in [0.05, 0.1) is 23.9 Å². The standard InChI is InChI=1S/C18H21ClFNO6S/c1-4-25-17(23)15(18(24)26-5-2)16(21-28-9-8-27-11(3)22)12-6-7-14(20)13(19)10-12/h6-7,10,21H,4-5,8-9H2,1-3H3. The van der Waals surface area contributed by atoms with Gasteiger partial charge in [0.1, 0.15) is 12.4 Å². The van der Waals surface area contributed by atoms with Crippen molar-refractivity contribution in [3.8, 4) is 0 Å². The molecule has 1 aromatic carbocycles. The molecule has 1 N–H and O–H groups in total. The molecule has 0 bridgehead atoms. The summed E-state index contributed by atoms with van der Waals surface area (Å²) in [5, 5.41) is -0.186. The molecule has 0 unspecified atom stereocenters. The Labute approximate surface area is 171 Å². The van der Waals surface area contributed by atoms with Crippen LogP contribution in [0.3, 0.4) is 0 Å². The van der Waals surface area contributed by atoms with E-state index in [1.807, 2.05) is 0 Å². The number of carbonyl (C=O) groups excluding carboxylic acids is 3. The molecular formula is C18H21ClFNO6S. The van der Waals surface area contributed by atoms with Crippen LogP contribution in [-0.4, -0.2) is 43.5 Å². The minimum absolute atomic E-state index is 0.0405. The van der Waals surface area contributed by atoms with Gasteiger partial charge in [0.15, 0.2) is 5.57 Å². The molecule has 0 amide bonds. The second-order valence-corrected chi connectivity index (χ2v) is 6.42. The summed E-state index contributed by atoms with van der Waals surface area (Å²) in [7, 11) is 0. The van der Waals surface area contributed by atoms with Gasteiger partial charge in [0.25, 0.3) is 0 Å². The molecule has 0 aliphatic carbocycles. The van der Waals surface area contributed by atoms with Crippen LogP contribution in [0.1, 0.15) is 26.3 Å². The van der Waals surface area contributed by atoms with Crippen LogP contribution in [0.2, 0.25) is 5.02 Å². The SMILES string of the molecule is CCOC(=O)C(C(=O)OCC)=C(NSCCOC(C)=O)c1ccc(F)c(Cl)c1. The second kappa shape index (κ2) is 12.2. The second-order valence-electron chi connectivity index (χ2n) is 5.11. The Balaban J connectivity index is 3.30. The molecule has 0 fully saturated rings. The quantitative estimate of drug-likeness (QED) is 0.114. The van der Waals surface area contributed by atoms with E-state index in [0.717, 1.165) is 18.0 Å². The molecule has 154 valence electrons. The third-order valence-electron chi connectivity index (χ3n) is 3.08. The highest BCUT2D eigenvalue weighted by molar-refractivity contribution is 7.97. The summed E-state index contributed by atoms with van der Waals surface area (Å²) in [6.45, 7) is 4.66. The van der Waals surface area contributed by atoms with Gasteiger partial charge in [-0.3, -0.25) is 4.79 Å². The Morgan fingerprint density at radius 2 is 1.71 bits per heavy atom. The smallest absolute Gasteiger partial charge is 0.347 e. The van der Waals surface area contributed by atoms with E-state index < -0.39 is 23.7 Å². The first-order chi connectivity index (χ1) is 13.3. The Morgan fingerprint density at radius 1 is 1.11 bits per heavy atom. The third kappa shape index (κ3) is 7.40. The zero-order valence-electron chi connectivity index (χ0n) is 15.7. The van der Waals surface area contributed by atoms with Crippen LogP contribution in [0.25, 0.3) is 5.70 Å². The van der Waals surface area contributed by atoms with Gasteiger partial charge in [-0.15, -0.1) is 0 Å². The topological polar surface area (TPSA) is 90.9 Å². The minimum Gasteiger partial charge on any atom is -0.465 e. The molecule has 10 heteroatoms. The fourth-order valence-electron chi connectivity index (χ4n) is 1.95. The van der Waals surface area contributed by atoms with E-state index in [2.05, 4.69) is 4.72 Å². The van der Waals surface area contributed by atoms with Crippen molar-refractivity contribution < 1.29 is 33.0 Å². The lowest BCUT2D eigenvalue weighted by Gasteiger charge is -2.16. The van der Waals surface area contributed by atoms with E-state index in [9.17, 15) is 18.8 Å². The van der Waals surface area contributed by atoms with Crippen molar-refractivity contribution >= 4 is 47.2 Å². The van der Waals surface area contributed by atoms with Crippen LogP contribution in [0.4, 0.5) is 4.39 Å². The molecule has 7 nitrogen and oxygen atoms in total. The summed E-state index contributed by atoms with van der Waals surface area (Å²) in [5.74, 6) is -2.56. The van der Waals surface area contributed by atoms with Gasteiger partial charge in [-0.1, -0.05) is 11.6 Å². The monoisotopic (exact) mass is 433 g/mol. The van der Waals surface area contributed by atoms with Gasteiger partial charge >= 0.3 is 17.9 Å². The van der Waals surface area contributed by atoms with Crippen LogP contribution < -0.4 is 4.72 Å². The molecule has 0 aliphatic rings. The van der Waals surface area contributed by atoms with E-state index in [4.69, 9.17) is 25.8 Å². The first-order valence-electron chi connectivity index (χ1n) is 8.36. The number of hydrogen-bond donors (Lipinski definition) is 1. The van der Waals surface area contributed by atoms with Crippen molar-refractivity contribution in [1.82, 2.24) is 4.72 Å². The predicted octanol–water partition coefficient (Wildman–Crippen LogP) is 3.12. The maximum Gasteiger partial charge on any atom is 0.347 e. The number of esters is 3. The Bertz CT molecular complexity index is 736. The number of halogens is 2. The van der Waals surface area contributed by atoms with Crippen LogP contribution in [0.15, 0.2) is 23.8 Å². The summed E-state index contributed by atoms with van der Waals surface area (Å²) >= 11 is 6.91. The maximum absolute atomic E-state index is 13.5. The molecule has 0 saturated heterocycles. The van der Waals surface area contributed by atoms with Gasteiger partial charge in [-0.25, -0.2) is 14.0 Å². The highest BCUT2D eigenvalue weighted by atomic mass is 35.5. The molecule has 0 aromatic heterocycles. The zero-order valence-corrected chi connectivity index (χ0v) is 17.2. The normalized spacial score (nSPS) is 10.0. The molecule has 0 aliphatic heterocycles. The van der Waals surface area contributed by atoms with Gasteiger partial charge in [-0.05, 0) is 44.0 Å². The third-order valence-corrected chi connectivity index (χ3v) is 4.09. The largest absolute Gasteiger partial charge is 0.465 e. The van der Waals surface area contributed by atoms with E-state index in [1.165, 1.54) is 19.1 Å². The number of carbonyl (C=O) groups is 3. The summed E-state index contributed by atoms with van der Waals surface area (Å²) in [6.07, 6.45) is 0. The van der Waals surface area contributed by atoms with Crippen molar-refractivity contribution in [2.75, 3.05) is 25.6 Å². The van der Waals surface area contributed by atoms with E-state index in [0.29, 0.717) is 5.75 Å². The molecule has 28 heavy (non-hydrogen) atoms. The first-order valence-corrected chi connectivity index (χ1v) is 9.73. The highest BCUT2D eigenvalue weighted by Crippen LogP contribution is 2.25. The van der Waals surface area contributed by atoms with E-state index >= 15 is 0 Å². The Kier molecular flexibility index (Phi) is 10.4. The molecule has 0 heterocycles. The van der Waals surface area contributed by atoms with Gasteiger partial charge in [0.2, 0.25) is 0 Å². The van der Waals surface area contributed by atoms with E-state index in [1.54, 1.807) is 13.8 Å². The highest BCUT2D eigenvalue weighted by Gasteiger charge is 2.27. The molecule has 1 rings (SSSR count). The predicted molar refractivity (Wildman–Crippen MR) is 104 cm³/mol. The van der Waals surface area contributed by atoms with Crippen LogP contribution in [0.5, 0.6) is 0 Å². The summed E-state index contributed by atoms with van der Waals surface area (Å²) in [5.41, 5.74) is -0.0551. The molecule has 0 radical (unpaired) electrons. The lowest BCUT2D eigenvalue weighted by Crippen LogP contribution is -2.23. The van der Waals surface area contributed by atoms with Gasteiger partial charge < -0.3 is 18.9 Å². The fraction of sp³-hybridized carbons (Fsp3) is 0.389. The molecule has 0 spiro atoms. The summed E-state index contributed by atoms with van der Waals surface area (Å²) < 4.78 is 31.2. The average molecular weight is 434 g/mol. The minimum atomic E-state index is -0.899. The molecule has 0 saturated carbocycles. The number of ether oxygens (including phenoxy) is 3. The number of benzene rings is 1. The van der Waals surface area contributed by atoms with Crippen molar-refractivity contribution in [3.63, 3.8) is 0 Å². The fourth-order valence-corrected chi connectivity index (χ4v) is 2.76. The van der Waals surface area contributed by atoms with Crippen LogP contribution >= 0.6 is 23.5 Å². The zero-order chi connectivity index (χ0) is 21.1. The number of nitrogens with one attached hydrogen (secondary N) is 1. The van der Waals surface area contributed by atoms with Crippen molar-refractivity contribution in [2.45, 2.75) is 20.8 Å². The van der Waals surface area contributed by atoms with Crippen molar-refractivity contribution in [2.24, 2.45) is 0 Å². The van der Waals surface area contributed by atoms with Gasteiger partial charge in [0, 0.05) is 18.2 Å². The van der Waals surface area contributed by atoms with Crippen molar-refractivity contribution in [3.05, 3.63) is 40.2 Å². The summed E-state index contributed by atoms with van der Waals surface area (Å²) in [4.78, 5) is 35.6. The first kappa shape index (κ1) is 23.8. The van der Waals surface area contributed by atoms with Crippen LogP contribution in [0, 0.1) is 5.82 Å². The molecule has 1 aromatic rings. The summed E-state index contributed by atoms with van der Waals surface area (Å²) in [6, 6.07) is 3.73. The Morgan fingerprint density at radius 3 is 2.21 bits per heavy atom.